The lowest BCUT2D eigenvalue weighted by molar-refractivity contribution is 0.252. The van der Waals surface area contributed by atoms with Crippen LogP contribution in [0.25, 0.3) is 10.8 Å². The number of nitrogens with zero attached hydrogens (tertiary/aromatic N) is 1. The van der Waals surface area contributed by atoms with E-state index in [1.54, 1.807) is 0 Å². The molecule has 0 aromatic heterocycles. The second-order valence-corrected chi connectivity index (χ2v) is 7.76. The number of benzene rings is 3. The molecule has 0 heterocycles. The number of hydrogen-bond donors (Lipinski definition) is 2. The van der Waals surface area contributed by atoms with Gasteiger partial charge < -0.3 is 15.5 Å². The number of urea groups is 1. The Morgan fingerprint density at radius 1 is 0.828 bits per heavy atom. The lowest BCUT2D eigenvalue weighted by Crippen LogP contribution is -2.28. The van der Waals surface area contributed by atoms with Crippen LogP contribution in [0.2, 0.25) is 0 Å². The number of fused-ring (bicyclic) bond motifs is 1. The van der Waals surface area contributed by atoms with Gasteiger partial charge in [0, 0.05) is 11.9 Å². The zero-order valence-corrected chi connectivity index (χ0v) is 17.4. The molecule has 4 heteroatoms. The van der Waals surface area contributed by atoms with Gasteiger partial charge in [-0.3, -0.25) is 0 Å². The molecule has 0 aliphatic carbocycles. The van der Waals surface area contributed by atoms with E-state index in [2.05, 4.69) is 53.9 Å². The molecule has 0 fully saturated rings. The molecule has 0 bridgehead atoms. The average molecular weight is 390 g/mol. The number of aryl methyl sites for hydroxylation is 1. The van der Waals surface area contributed by atoms with Gasteiger partial charge in [0.1, 0.15) is 0 Å². The standard InChI is InChI=1S/C25H31N3O/c1-28(2)18-7-3-4-9-20-14-16-21(17-15-20)19-26-25(29)27-24-13-8-11-22-10-5-6-12-23(22)24/h5-6,8,10-17H,3-4,7,9,18-19H2,1-2H3,(H2,26,27,29). The number of nitrogens with one attached hydrogen (secondary N) is 2. The topological polar surface area (TPSA) is 44.4 Å². The lowest BCUT2D eigenvalue weighted by atomic mass is 10.1. The maximum absolute atomic E-state index is 12.3. The van der Waals surface area contributed by atoms with Crippen molar-refractivity contribution in [1.29, 1.82) is 0 Å². The Labute approximate surface area is 173 Å². The summed E-state index contributed by atoms with van der Waals surface area (Å²) in [5.41, 5.74) is 3.29. The number of unbranched alkanes of at least 4 members (excludes halogenated alkanes) is 2. The van der Waals surface area contributed by atoms with Crippen LogP contribution in [0.5, 0.6) is 0 Å². The van der Waals surface area contributed by atoms with Crippen molar-refractivity contribution in [3.8, 4) is 0 Å². The molecule has 3 aromatic rings. The van der Waals surface area contributed by atoms with E-state index in [1.165, 1.54) is 24.8 Å². The summed E-state index contributed by atoms with van der Waals surface area (Å²) in [6, 6.07) is 22.3. The Kier molecular flexibility index (Phi) is 7.65. The van der Waals surface area contributed by atoms with Gasteiger partial charge in [0.15, 0.2) is 0 Å². The monoisotopic (exact) mass is 389 g/mol. The number of amides is 2. The van der Waals surface area contributed by atoms with Crippen molar-refractivity contribution in [3.05, 3.63) is 77.9 Å². The highest BCUT2D eigenvalue weighted by atomic mass is 16.2. The van der Waals surface area contributed by atoms with Crippen molar-refractivity contribution in [2.75, 3.05) is 26.0 Å². The quantitative estimate of drug-likeness (QED) is 0.479. The van der Waals surface area contributed by atoms with Crippen LogP contribution >= 0.6 is 0 Å². The molecule has 3 rings (SSSR count). The fourth-order valence-electron chi connectivity index (χ4n) is 3.44. The number of carbonyl (C=O) groups is 1. The summed E-state index contributed by atoms with van der Waals surface area (Å²) in [5, 5.41) is 8.06. The molecule has 152 valence electrons. The molecule has 0 radical (unpaired) electrons. The van der Waals surface area contributed by atoms with Crippen molar-refractivity contribution < 1.29 is 4.79 Å². The van der Waals surface area contributed by atoms with Crippen LogP contribution < -0.4 is 10.6 Å². The summed E-state index contributed by atoms with van der Waals surface area (Å²) in [4.78, 5) is 14.6. The molecule has 2 amide bonds. The normalized spacial score (nSPS) is 11.0. The van der Waals surface area contributed by atoms with Crippen LogP contribution in [0.4, 0.5) is 10.5 Å². The largest absolute Gasteiger partial charge is 0.334 e. The van der Waals surface area contributed by atoms with Gasteiger partial charge in [-0.1, -0.05) is 67.1 Å². The highest BCUT2D eigenvalue weighted by molar-refractivity contribution is 6.01. The molecule has 0 saturated heterocycles. The Morgan fingerprint density at radius 3 is 2.34 bits per heavy atom. The minimum Gasteiger partial charge on any atom is -0.334 e. The molecule has 3 aromatic carbocycles. The van der Waals surface area contributed by atoms with E-state index in [9.17, 15) is 4.79 Å². The maximum atomic E-state index is 12.3. The summed E-state index contributed by atoms with van der Waals surface area (Å²) in [7, 11) is 4.24. The van der Waals surface area contributed by atoms with Crippen LogP contribution in [-0.2, 0) is 13.0 Å². The number of carbonyl (C=O) groups excluding carboxylic acids is 1. The van der Waals surface area contributed by atoms with Crippen molar-refractivity contribution >= 4 is 22.5 Å². The smallest absolute Gasteiger partial charge is 0.319 e. The Balaban J connectivity index is 1.44. The highest BCUT2D eigenvalue weighted by Crippen LogP contribution is 2.22. The molecule has 0 saturated carbocycles. The van der Waals surface area contributed by atoms with E-state index >= 15 is 0 Å². The molecule has 0 unspecified atom stereocenters. The minimum absolute atomic E-state index is 0.189. The SMILES string of the molecule is CN(C)CCCCCc1ccc(CNC(=O)Nc2cccc3ccccc23)cc1. The van der Waals surface area contributed by atoms with Crippen LogP contribution in [0.3, 0.4) is 0 Å². The van der Waals surface area contributed by atoms with Gasteiger partial charge in [0.25, 0.3) is 0 Å². The third-order valence-electron chi connectivity index (χ3n) is 5.08. The molecule has 29 heavy (non-hydrogen) atoms. The van der Waals surface area contributed by atoms with Gasteiger partial charge in [-0.25, -0.2) is 4.79 Å². The highest BCUT2D eigenvalue weighted by Gasteiger charge is 2.05. The average Bonchev–Trinajstić information content (AvgIpc) is 2.73. The number of rotatable bonds is 9. The van der Waals surface area contributed by atoms with Crippen molar-refractivity contribution in [3.63, 3.8) is 0 Å². The van der Waals surface area contributed by atoms with E-state index in [0.717, 1.165) is 35.0 Å². The third kappa shape index (κ3) is 6.61. The molecule has 0 aliphatic heterocycles. The van der Waals surface area contributed by atoms with Gasteiger partial charge in [0.05, 0.1) is 5.69 Å². The first-order chi connectivity index (χ1) is 14.1. The van der Waals surface area contributed by atoms with Crippen LogP contribution in [0.1, 0.15) is 30.4 Å². The summed E-state index contributed by atoms with van der Waals surface area (Å²) in [6.07, 6.45) is 4.85. The maximum Gasteiger partial charge on any atom is 0.319 e. The molecule has 0 atom stereocenters. The number of anilines is 1. The number of hydrogen-bond acceptors (Lipinski definition) is 2. The third-order valence-corrected chi connectivity index (χ3v) is 5.08. The van der Waals surface area contributed by atoms with Crippen LogP contribution in [-0.4, -0.2) is 31.6 Å². The minimum atomic E-state index is -0.189. The predicted octanol–water partition coefficient (Wildman–Crippen LogP) is 5.44. The predicted molar refractivity (Wildman–Crippen MR) is 122 cm³/mol. The fourth-order valence-corrected chi connectivity index (χ4v) is 3.44. The molecule has 0 aliphatic rings. The second kappa shape index (κ2) is 10.6. The molecular weight excluding hydrogens is 358 g/mol. The van der Waals surface area contributed by atoms with E-state index in [4.69, 9.17) is 0 Å². The van der Waals surface area contributed by atoms with Crippen molar-refractivity contribution in [2.24, 2.45) is 0 Å². The first-order valence-electron chi connectivity index (χ1n) is 10.4. The Bertz CT molecular complexity index is 914. The molecule has 0 spiro atoms. The van der Waals surface area contributed by atoms with Crippen LogP contribution in [0.15, 0.2) is 66.7 Å². The summed E-state index contributed by atoms with van der Waals surface area (Å²) >= 11 is 0. The molecule has 2 N–H and O–H groups in total. The first kappa shape index (κ1) is 20.9. The zero-order chi connectivity index (χ0) is 20.5. The molecular formula is C25H31N3O. The van der Waals surface area contributed by atoms with Gasteiger partial charge in [0.2, 0.25) is 0 Å². The van der Waals surface area contributed by atoms with Gasteiger partial charge in [-0.15, -0.1) is 0 Å². The van der Waals surface area contributed by atoms with Crippen molar-refractivity contribution in [1.82, 2.24) is 10.2 Å². The molecule has 4 nitrogen and oxygen atoms in total. The van der Waals surface area contributed by atoms with E-state index in [1.807, 2.05) is 42.5 Å². The van der Waals surface area contributed by atoms with Gasteiger partial charge in [-0.05, 0) is 62.5 Å². The van der Waals surface area contributed by atoms with Gasteiger partial charge in [-0.2, -0.15) is 0 Å². The first-order valence-corrected chi connectivity index (χ1v) is 10.4. The van der Waals surface area contributed by atoms with E-state index in [0.29, 0.717) is 6.54 Å². The van der Waals surface area contributed by atoms with E-state index in [-0.39, 0.29) is 6.03 Å². The second-order valence-electron chi connectivity index (χ2n) is 7.76. The summed E-state index contributed by atoms with van der Waals surface area (Å²) < 4.78 is 0. The lowest BCUT2D eigenvalue weighted by Gasteiger charge is -2.11. The van der Waals surface area contributed by atoms with E-state index < -0.39 is 0 Å². The van der Waals surface area contributed by atoms with Crippen LogP contribution in [0, 0.1) is 0 Å². The Hall–Kier alpha value is -2.85. The van der Waals surface area contributed by atoms with Crippen molar-refractivity contribution in [2.45, 2.75) is 32.2 Å². The Morgan fingerprint density at radius 2 is 1.55 bits per heavy atom. The fraction of sp³-hybridized carbons (Fsp3) is 0.320. The summed E-state index contributed by atoms with van der Waals surface area (Å²) in [5.74, 6) is 0. The summed E-state index contributed by atoms with van der Waals surface area (Å²) in [6.45, 7) is 1.67. The zero-order valence-electron chi connectivity index (χ0n) is 17.4. The van der Waals surface area contributed by atoms with Gasteiger partial charge >= 0.3 is 6.03 Å².